The van der Waals surface area contributed by atoms with E-state index in [4.69, 9.17) is 0 Å². The van der Waals surface area contributed by atoms with Gasteiger partial charge in [0.25, 0.3) is 0 Å². The summed E-state index contributed by atoms with van der Waals surface area (Å²) < 4.78 is 0. The molecule has 2 saturated heterocycles. The maximum absolute atomic E-state index is 11.8. The lowest BCUT2D eigenvalue weighted by Crippen LogP contribution is -2.50. The number of rotatable bonds is 4. The average Bonchev–Trinajstić information content (AvgIpc) is 2.45. The number of urea groups is 1. The Bertz CT molecular complexity index is 279. The highest BCUT2D eigenvalue weighted by Crippen LogP contribution is 2.13. The smallest absolute Gasteiger partial charge is 0.314 e. The third kappa shape index (κ3) is 4.99. The van der Waals surface area contributed by atoms with E-state index in [-0.39, 0.29) is 6.03 Å². The van der Waals surface area contributed by atoms with Gasteiger partial charge in [0, 0.05) is 25.2 Å². The first-order valence-corrected chi connectivity index (χ1v) is 7.71. The molecule has 2 aliphatic rings. The highest BCUT2D eigenvalue weighted by molar-refractivity contribution is 5.73. The molecule has 0 aromatic rings. The van der Waals surface area contributed by atoms with Crippen LogP contribution in [0, 0.1) is 0 Å². The van der Waals surface area contributed by atoms with E-state index in [1.807, 2.05) is 0 Å². The third-order valence-corrected chi connectivity index (χ3v) is 4.34. The molecule has 3 N–H and O–H groups in total. The normalized spacial score (nSPS) is 28.9. The number of nitrogens with one attached hydrogen (secondary N) is 3. The molecule has 2 amide bonds. The van der Waals surface area contributed by atoms with Gasteiger partial charge in [0.05, 0.1) is 0 Å². The monoisotopic (exact) mass is 268 g/mol. The van der Waals surface area contributed by atoms with Crippen LogP contribution < -0.4 is 16.0 Å². The molecule has 110 valence electrons. The molecule has 2 fully saturated rings. The summed E-state index contributed by atoms with van der Waals surface area (Å²) in [6.07, 6.45) is 7.47. The van der Waals surface area contributed by atoms with Crippen molar-refractivity contribution in [3.63, 3.8) is 0 Å². The fourth-order valence-electron chi connectivity index (χ4n) is 2.99. The van der Waals surface area contributed by atoms with E-state index in [2.05, 4.69) is 27.9 Å². The first kappa shape index (κ1) is 14.6. The minimum Gasteiger partial charge on any atom is -0.337 e. The predicted molar refractivity (Wildman–Crippen MR) is 77.3 cm³/mol. The van der Waals surface area contributed by atoms with Crippen LogP contribution in [0.25, 0.3) is 0 Å². The lowest BCUT2D eigenvalue weighted by Gasteiger charge is -2.32. The molecule has 0 radical (unpaired) electrons. The summed E-state index contributed by atoms with van der Waals surface area (Å²) in [6.45, 7) is 3.74. The van der Waals surface area contributed by atoms with Gasteiger partial charge in [-0.3, -0.25) is 0 Å². The van der Waals surface area contributed by atoms with Gasteiger partial charge >= 0.3 is 6.03 Å². The number of piperidine rings is 2. The van der Waals surface area contributed by atoms with Crippen LogP contribution >= 0.6 is 0 Å². The summed E-state index contributed by atoms with van der Waals surface area (Å²) >= 11 is 0. The van der Waals surface area contributed by atoms with Gasteiger partial charge in [0.1, 0.15) is 0 Å². The van der Waals surface area contributed by atoms with E-state index in [0.29, 0.717) is 12.1 Å². The van der Waals surface area contributed by atoms with Gasteiger partial charge in [0.15, 0.2) is 0 Å². The summed E-state index contributed by atoms with van der Waals surface area (Å²) in [5, 5.41) is 9.41. The largest absolute Gasteiger partial charge is 0.337 e. The van der Waals surface area contributed by atoms with Crippen molar-refractivity contribution in [2.24, 2.45) is 0 Å². The molecular weight excluding hydrogens is 240 g/mol. The van der Waals surface area contributed by atoms with Crippen LogP contribution in [0.4, 0.5) is 4.79 Å². The van der Waals surface area contributed by atoms with Crippen molar-refractivity contribution in [3.05, 3.63) is 0 Å². The summed E-state index contributed by atoms with van der Waals surface area (Å²) in [5.74, 6) is 0. The molecule has 19 heavy (non-hydrogen) atoms. The number of carbonyl (C=O) groups excluding carboxylic acids is 1. The lowest BCUT2D eigenvalue weighted by molar-refractivity contribution is 0.180. The number of likely N-dealkylation sites (N-methyl/N-ethyl adjacent to an activating group) is 1. The Balaban J connectivity index is 1.58. The van der Waals surface area contributed by atoms with Gasteiger partial charge in [-0.2, -0.15) is 0 Å². The molecule has 5 nitrogen and oxygen atoms in total. The predicted octanol–water partition coefficient (Wildman–Crippen LogP) is 0.912. The zero-order chi connectivity index (χ0) is 13.5. The van der Waals surface area contributed by atoms with Crippen molar-refractivity contribution in [2.45, 2.75) is 50.6 Å². The molecule has 0 aliphatic carbocycles. The van der Waals surface area contributed by atoms with Crippen LogP contribution in [0.3, 0.4) is 0 Å². The van der Waals surface area contributed by atoms with Gasteiger partial charge in [-0.05, 0) is 45.8 Å². The first-order chi connectivity index (χ1) is 9.25. The van der Waals surface area contributed by atoms with Crippen LogP contribution in [0.2, 0.25) is 0 Å². The van der Waals surface area contributed by atoms with Gasteiger partial charge in [-0.25, -0.2) is 4.79 Å². The first-order valence-electron chi connectivity index (χ1n) is 7.71. The maximum atomic E-state index is 11.8. The van der Waals surface area contributed by atoms with Gasteiger partial charge < -0.3 is 20.9 Å². The Hall–Kier alpha value is -0.810. The molecule has 0 bridgehead atoms. The van der Waals surface area contributed by atoms with Crippen molar-refractivity contribution in [1.29, 1.82) is 0 Å². The highest BCUT2D eigenvalue weighted by Gasteiger charge is 2.19. The van der Waals surface area contributed by atoms with E-state index >= 15 is 0 Å². The third-order valence-electron chi connectivity index (χ3n) is 4.34. The number of hydrogen-bond donors (Lipinski definition) is 3. The maximum Gasteiger partial charge on any atom is 0.314 e. The summed E-state index contributed by atoms with van der Waals surface area (Å²) in [5.41, 5.74) is 0. The highest BCUT2D eigenvalue weighted by atomic mass is 16.2. The zero-order valence-corrected chi connectivity index (χ0v) is 12.1. The lowest BCUT2D eigenvalue weighted by atomic mass is 10.0. The van der Waals surface area contributed by atoms with Crippen LogP contribution in [0.1, 0.15) is 38.5 Å². The van der Waals surface area contributed by atoms with E-state index in [1.54, 1.807) is 0 Å². The summed E-state index contributed by atoms with van der Waals surface area (Å²) in [7, 11) is 2.15. The van der Waals surface area contributed by atoms with Crippen LogP contribution in [0.15, 0.2) is 0 Å². The quantitative estimate of drug-likeness (QED) is 0.710. The Morgan fingerprint density at radius 1 is 1.16 bits per heavy atom. The number of nitrogens with zero attached hydrogens (tertiary/aromatic N) is 1. The average molecular weight is 268 g/mol. The minimum absolute atomic E-state index is 0.0219. The van der Waals surface area contributed by atoms with Crippen molar-refractivity contribution in [2.75, 3.05) is 33.2 Å². The van der Waals surface area contributed by atoms with Crippen molar-refractivity contribution in [3.8, 4) is 0 Å². The van der Waals surface area contributed by atoms with Crippen molar-refractivity contribution in [1.82, 2.24) is 20.9 Å². The summed E-state index contributed by atoms with van der Waals surface area (Å²) in [6, 6.07) is 0.940. The standard InChI is InChI=1S/C14H28N4O/c1-18-9-5-3-7-13(18)11-17-14(19)16-10-12-6-2-4-8-15-12/h12-13,15H,2-11H2,1H3,(H2,16,17,19). The van der Waals surface area contributed by atoms with Gasteiger partial charge in [0.2, 0.25) is 0 Å². The van der Waals surface area contributed by atoms with Crippen LogP contribution in [0.5, 0.6) is 0 Å². The van der Waals surface area contributed by atoms with E-state index in [1.165, 1.54) is 38.5 Å². The fraction of sp³-hybridized carbons (Fsp3) is 0.929. The molecular formula is C14H28N4O. The Kier molecular flexibility index (Phi) is 5.92. The molecule has 2 aliphatic heterocycles. The van der Waals surface area contributed by atoms with Gasteiger partial charge in [-0.15, -0.1) is 0 Å². The molecule has 2 atom stereocenters. The number of hydrogen-bond acceptors (Lipinski definition) is 3. The van der Waals surface area contributed by atoms with Crippen molar-refractivity contribution >= 4 is 6.03 Å². The second-order valence-corrected chi connectivity index (χ2v) is 5.87. The van der Waals surface area contributed by atoms with E-state index in [9.17, 15) is 4.79 Å². The Morgan fingerprint density at radius 2 is 1.95 bits per heavy atom. The van der Waals surface area contributed by atoms with Crippen LogP contribution in [-0.4, -0.2) is 56.2 Å². The molecule has 2 heterocycles. The van der Waals surface area contributed by atoms with E-state index < -0.39 is 0 Å². The second-order valence-electron chi connectivity index (χ2n) is 5.87. The number of carbonyl (C=O) groups is 1. The molecule has 2 rings (SSSR count). The second kappa shape index (κ2) is 7.70. The number of likely N-dealkylation sites (tertiary alicyclic amines) is 1. The molecule has 0 saturated carbocycles. The number of amides is 2. The Morgan fingerprint density at radius 3 is 2.68 bits per heavy atom. The van der Waals surface area contributed by atoms with Crippen LogP contribution in [-0.2, 0) is 0 Å². The van der Waals surface area contributed by atoms with Crippen molar-refractivity contribution < 1.29 is 4.79 Å². The fourth-order valence-corrected chi connectivity index (χ4v) is 2.99. The molecule has 0 aromatic heterocycles. The molecule has 2 unspecified atom stereocenters. The summed E-state index contributed by atoms with van der Waals surface area (Å²) in [4.78, 5) is 14.1. The van der Waals surface area contributed by atoms with E-state index in [0.717, 1.165) is 26.2 Å². The van der Waals surface area contributed by atoms with Gasteiger partial charge in [-0.1, -0.05) is 12.8 Å². The zero-order valence-electron chi connectivity index (χ0n) is 12.1. The topological polar surface area (TPSA) is 56.4 Å². The molecule has 5 heteroatoms. The minimum atomic E-state index is -0.0219. The molecule has 0 aromatic carbocycles. The SMILES string of the molecule is CN1CCCCC1CNC(=O)NCC1CCCCN1. The molecule has 0 spiro atoms. The Labute approximate surface area is 116 Å².